The van der Waals surface area contributed by atoms with Crippen molar-refractivity contribution in [3.8, 4) is 0 Å². The van der Waals surface area contributed by atoms with Crippen LogP contribution in [0.25, 0.3) is 0 Å². The van der Waals surface area contributed by atoms with Crippen LogP contribution in [0, 0.1) is 13.8 Å². The number of carbonyl (C=O) groups is 3. The normalized spacial score (nSPS) is 24.4. The summed E-state index contributed by atoms with van der Waals surface area (Å²) < 4.78 is 5.34. The van der Waals surface area contributed by atoms with Crippen molar-refractivity contribution in [3.63, 3.8) is 0 Å². The van der Waals surface area contributed by atoms with Gasteiger partial charge in [0.15, 0.2) is 0 Å². The average Bonchev–Trinajstić information content (AvgIpc) is 3.25. The van der Waals surface area contributed by atoms with Crippen LogP contribution in [-0.4, -0.2) is 77.8 Å². The van der Waals surface area contributed by atoms with Crippen molar-refractivity contribution < 1.29 is 19.1 Å². The third-order valence-electron chi connectivity index (χ3n) is 7.06. The number of anilines is 1. The zero-order valence-electron chi connectivity index (χ0n) is 20.3. The lowest BCUT2D eigenvalue weighted by atomic mass is 10.1. The summed E-state index contributed by atoms with van der Waals surface area (Å²) in [5.41, 5.74) is 4.32. The first-order chi connectivity index (χ1) is 16.8. The van der Waals surface area contributed by atoms with Crippen LogP contribution >= 0.6 is 0 Å². The Kier molecular flexibility index (Phi) is 6.21. The molecule has 35 heavy (non-hydrogen) atoms. The van der Waals surface area contributed by atoms with Crippen molar-refractivity contribution in [2.75, 3.05) is 31.6 Å². The van der Waals surface area contributed by atoms with Crippen LogP contribution in [0.2, 0.25) is 0 Å². The standard InChI is InChI=1S/C26H31N5O4/c1-17-10-11-20(18(2)14-17)29-12-7-13-30-22-23(27-25(29)30)28(3)26(34)31(24(22)33)15-21(32)35-16-19-8-5-4-6-9-19/h4-6,8-11,14,22-23,25,27H,7,12-13,15-16H2,1-3H3. The second kappa shape index (κ2) is 9.31. The van der Waals surface area contributed by atoms with Crippen LogP contribution in [0.3, 0.4) is 0 Å². The van der Waals surface area contributed by atoms with Gasteiger partial charge < -0.3 is 14.5 Å². The Morgan fingerprint density at radius 1 is 1.09 bits per heavy atom. The van der Waals surface area contributed by atoms with Gasteiger partial charge in [-0.05, 0) is 37.5 Å². The van der Waals surface area contributed by atoms with E-state index in [0.29, 0.717) is 0 Å². The number of urea groups is 1. The van der Waals surface area contributed by atoms with Crippen molar-refractivity contribution in [1.29, 1.82) is 0 Å². The third kappa shape index (κ3) is 4.26. The zero-order chi connectivity index (χ0) is 24.7. The van der Waals surface area contributed by atoms with Crippen LogP contribution in [0.1, 0.15) is 23.1 Å². The molecule has 0 saturated carbocycles. The number of ether oxygens (including phenoxy) is 1. The number of carbonyl (C=O) groups excluding carboxylic acids is 3. The van der Waals surface area contributed by atoms with Gasteiger partial charge in [-0.2, -0.15) is 0 Å². The number of nitrogens with zero attached hydrogens (tertiary/aromatic N) is 4. The molecular formula is C26H31N5O4. The number of benzene rings is 2. The third-order valence-corrected chi connectivity index (χ3v) is 7.06. The molecule has 0 aromatic heterocycles. The molecule has 0 bridgehead atoms. The molecular weight excluding hydrogens is 446 g/mol. The smallest absolute Gasteiger partial charge is 0.328 e. The molecule has 9 nitrogen and oxygen atoms in total. The van der Waals surface area contributed by atoms with E-state index in [1.165, 1.54) is 16.0 Å². The van der Waals surface area contributed by atoms with E-state index in [-0.39, 0.29) is 18.8 Å². The van der Waals surface area contributed by atoms with E-state index in [4.69, 9.17) is 4.74 Å². The molecule has 9 heteroatoms. The maximum Gasteiger partial charge on any atom is 0.328 e. The van der Waals surface area contributed by atoms with Gasteiger partial charge in [-0.1, -0.05) is 48.0 Å². The van der Waals surface area contributed by atoms with Crippen molar-refractivity contribution in [2.24, 2.45) is 0 Å². The largest absolute Gasteiger partial charge is 0.459 e. The molecule has 3 aliphatic rings. The number of imide groups is 1. The Labute approximate surface area is 205 Å². The van der Waals surface area contributed by atoms with E-state index in [2.05, 4.69) is 47.2 Å². The molecule has 3 unspecified atom stereocenters. The summed E-state index contributed by atoms with van der Waals surface area (Å²) in [7, 11) is 1.67. The number of esters is 1. The van der Waals surface area contributed by atoms with Gasteiger partial charge >= 0.3 is 12.0 Å². The van der Waals surface area contributed by atoms with E-state index in [0.717, 1.165) is 35.7 Å². The first-order valence-corrected chi connectivity index (χ1v) is 12.0. The predicted octanol–water partition coefficient (Wildman–Crippen LogP) is 2.03. The Morgan fingerprint density at radius 2 is 1.86 bits per heavy atom. The Balaban J connectivity index is 1.33. The highest BCUT2D eigenvalue weighted by Gasteiger charge is 2.56. The first kappa shape index (κ1) is 23.3. The van der Waals surface area contributed by atoms with E-state index in [1.807, 2.05) is 30.3 Å². The van der Waals surface area contributed by atoms with E-state index >= 15 is 0 Å². The predicted molar refractivity (Wildman–Crippen MR) is 130 cm³/mol. The van der Waals surface area contributed by atoms with Gasteiger partial charge in [0, 0.05) is 25.8 Å². The minimum atomic E-state index is -0.611. The van der Waals surface area contributed by atoms with Crippen LogP contribution in [0.15, 0.2) is 48.5 Å². The van der Waals surface area contributed by atoms with Crippen LogP contribution in [0.4, 0.5) is 10.5 Å². The van der Waals surface area contributed by atoms with Crippen molar-refractivity contribution in [3.05, 3.63) is 65.2 Å². The monoisotopic (exact) mass is 477 g/mol. The Bertz CT molecular complexity index is 1140. The van der Waals surface area contributed by atoms with Crippen LogP contribution < -0.4 is 10.2 Å². The summed E-state index contributed by atoms with van der Waals surface area (Å²) in [5, 5.41) is 3.51. The summed E-state index contributed by atoms with van der Waals surface area (Å²) in [6.45, 7) is 5.42. The molecule has 3 fully saturated rings. The molecule has 3 saturated heterocycles. The summed E-state index contributed by atoms with van der Waals surface area (Å²) in [6.07, 6.45) is 0.200. The molecule has 0 spiro atoms. The number of aryl methyl sites for hydroxylation is 2. The summed E-state index contributed by atoms with van der Waals surface area (Å²) in [6, 6.07) is 14.6. The molecule has 3 heterocycles. The molecule has 3 amide bonds. The molecule has 1 N–H and O–H groups in total. The lowest BCUT2D eigenvalue weighted by Crippen LogP contribution is -2.67. The van der Waals surface area contributed by atoms with Crippen molar-refractivity contribution in [2.45, 2.75) is 45.4 Å². The van der Waals surface area contributed by atoms with E-state index in [9.17, 15) is 14.4 Å². The number of likely N-dealkylation sites (N-methyl/N-ethyl adjacent to an activating group) is 1. The minimum Gasteiger partial charge on any atom is -0.459 e. The van der Waals surface area contributed by atoms with Gasteiger partial charge in [-0.3, -0.25) is 24.7 Å². The fourth-order valence-electron chi connectivity index (χ4n) is 5.35. The highest BCUT2D eigenvalue weighted by atomic mass is 16.5. The molecule has 2 aromatic rings. The lowest BCUT2D eigenvalue weighted by Gasteiger charge is -2.44. The quantitative estimate of drug-likeness (QED) is 0.660. The molecule has 184 valence electrons. The van der Waals surface area contributed by atoms with Crippen molar-refractivity contribution in [1.82, 2.24) is 20.0 Å². The molecule has 0 aliphatic carbocycles. The lowest BCUT2D eigenvalue weighted by molar-refractivity contribution is -0.152. The van der Waals surface area contributed by atoms with Gasteiger partial charge in [0.25, 0.3) is 5.91 Å². The zero-order valence-corrected chi connectivity index (χ0v) is 20.3. The van der Waals surface area contributed by atoms with Crippen LogP contribution in [-0.2, 0) is 20.9 Å². The maximum atomic E-state index is 13.6. The fraction of sp³-hybridized carbons (Fsp3) is 0.423. The number of nitrogens with one attached hydrogen (secondary N) is 1. The fourth-order valence-corrected chi connectivity index (χ4v) is 5.35. The molecule has 0 radical (unpaired) electrons. The Morgan fingerprint density at radius 3 is 2.60 bits per heavy atom. The highest BCUT2D eigenvalue weighted by molar-refractivity contribution is 6.02. The number of rotatable bonds is 5. The molecule has 2 aromatic carbocycles. The molecule has 3 atom stereocenters. The van der Waals surface area contributed by atoms with Gasteiger partial charge in [0.2, 0.25) is 0 Å². The van der Waals surface area contributed by atoms with Crippen LogP contribution in [0.5, 0.6) is 0 Å². The highest BCUT2D eigenvalue weighted by Crippen LogP contribution is 2.34. The van der Waals surface area contributed by atoms with Gasteiger partial charge in [-0.25, -0.2) is 4.79 Å². The number of hydrogen-bond acceptors (Lipinski definition) is 7. The van der Waals surface area contributed by atoms with E-state index < -0.39 is 30.8 Å². The van der Waals surface area contributed by atoms with E-state index in [1.54, 1.807) is 7.05 Å². The Hall–Kier alpha value is -3.43. The van der Waals surface area contributed by atoms with Crippen molar-refractivity contribution >= 4 is 23.6 Å². The number of hydrogen-bond donors (Lipinski definition) is 1. The first-order valence-electron chi connectivity index (χ1n) is 12.0. The van der Waals surface area contributed by atoms with Gasteiger partial charge in [0.05, 0.1) is 0 Å². The SMILES string of the molecule is Cc1ccc(N2CCCN3C4C(=O)N(CC(=O)OCc5ccccc5)C(=O)N(C)C4NC23)c(C)c1. The second-order valence-corrected chi connectivity index (χ2v) is 9.47. The van der Waals surface area contributed by atoms with Gasteiger partial charge in [-0.15, -0.1) is 0 Å². The molecule has 5 rings (SSSR count). The topological polar surface area (TPSA) is 85.4 Å². The average molecular weight is 478 g/mol. The number of amides is 3. The maximum absolute atomic E-state index is 13.6. The summed E-state index contributed by atoms with van der Waals surface area (Å²) in [5.74, 6) is -0.979. The van der Waals surface area contributed by atoms with Gasteiger partial charge in [0.1, 0.15) is 31.6 Å². The summed E-state index contributed by atoms with van der Waals surface area (Å²) >= 11 is 0. The minimum absolute atomic E-state index is 0.0956. The number of fused-ring (bicyclic) bond motifs is 3. The molecule has 3 aliphatic heterocycles. The second-order valence-electron chi connectivity index (χ2n) is 9.47. The summed E-state index contributed by atoms with van der Waals surface area (Å²) in [4.78, 5) is 46.1.